The number of nitrogens with one attached hydrogen (secondary N) is 2. The largest absolute Gasteiger partial charge is 0.444 e. The van der Waals surface area contributed by atoms with Crippen molar-refractivity contribution in [3.63, 3.8) is 0 Å². The van der Waals surface area contributed by atoms with E-state index in [9.17, 15) is 4.79 Å². The maximum absolute atomic E-state index is 11.5. The second-order valence-corrected chi connectivity index (χ2v) is 5.39. The fourth-order valence-corrected chi connectivity index (χ4v) is 1.72. The molecule has 0 radical (unpaired) electrons. The van der Waals surface area contributed by atoms with Crippen molar-refractivity contribution in [2.24, 2.45) is 0 Å². The highest BCUT2D eigenvalue weighted by atomic mass is 16.6. The molecule has 2 aromatic rings. The van der Waals surface area contributed by atoms with Crippen LogP contribution in [-0.2, 0) is 11.2 Å². The van der Waals surface area contributed by atoms with E-state index >= 15 is 0 Å². The van der Waals surface area contributed by atoms with Crippen LogP contribution in [0.15, 0.2) is 24.9 Å². The number of aromatic amines is 1. The van der Waals surface area contributed by atoms with Crippen LogP contribution in [0, 0.1) is 0 Å². The summed E-state index contributed by atoms with van der Waals surface area (Å²) in [5.74, 6) is 0. The average molecular weight is 277 g/mol. The summed E-state index contributed by atoms with van der Waals surface area (Å²) < 4.78 is 7.09. The van der Waals surface area contributed by atoms with Gasteiger partial charge in [0.15, 0.2) is 0 Å². The van der Waals surface area contributed by atoms with E-state index < -0.39 is 11.7 Å². The van der Waals surface area contributed by atoms with Gasteiger partial charge in [-0.2, -0.15) is 5.10 Å². The highest BCUT2D eigenvalue weighted by Gasteiger charge is 2.15. The SMILES string of the molecule is CC(C)(C)OC(=O)NCCc1cncn1-c1cn[nH]c1. The van der Waals surface area contributed by atoms with Crippen molar-refractivity contribution in [1.29, 1.82) is 0 Å². The number of alkyl carbamates (subject to hydrolysis) is 1. The zero-order chi connectivity index (χ0) is 14.6. The monoisotopic (exact) mass is 277 g/mol. The zero-order valence-electron chi connectivity index (χ0n) is 11.9. The third kappa shape index (κ3) is 3.84. The van der Waals surface area contributed by atoms with E-state index in [2.05, 4.69) is 20.5 Å². The van der Waals surface area contributed by atoms with Crippen molar-refractivity contribution in [2.45, 2.75) is 32.8 Å². The highest BCUT2D eigenvalue weighted by Crippen LogP contribution is 2.09. The van der Waals surface area contributed by atoms with Crippen LogP contribution in [0.25, 0.3) is 5.69 Å². The Morgan fingerprint density at radius 3 is 2.90 bits per heavy atom. The van der Waals surface area contributed by atoms with Gasteiger partial charge in [-0.05, 0) is 20.8 Å². The summed E-state index contributed by atoms with van der Waals surface area (Å²) in [5, 5.41) is 9.39. The van der Waals surface area contributed by atoms with Gasteiger partial charge in [-0.15, -0.1) is 0 Å². The molecule has 0 spiro atoms. The number of aromatic nitrogens is 4. The summed E-state index contributed by atoms with van der Waals surface area (Å²) in [6.45, 7) is 5.99. The first-order valence-electron chi connectivity index (χ1n) is 6.43. The minimum atomic E-state index is -0.483. The smallest absolute Gasteiger partial charge is 0.407 e. The van der Waals surface area contributed by atoms with E-state index in [1.807, 2.05) is 25.3 Å². The molecule has 2 aromatic heterocycles. The number of carbonyl (C=O) groups is 1. The predicted molar refractivity (Wildman–Crippen MR) is 73.7 cm³/mol. The van der Waals surface area contributed by atoms with Gasteiger partial charge in [0.1, 0.15) is 5.60 Å². The molecular formula is C13H19N5O2. The summed E-state index contributed by atoms with van der Waals surface area (Å²) in [5.41, 5.74) is 1.42. The Bertz CT molecular complexity index is 554. The Morgan fingerprint density at radius 2 is 2.25 bits per heavy atom. The summed E-state index contributed by atoms with van der Waals surface area (Å²) in [7, 11) is 0. The lowest BCUT2D eigenvalue weighted by Gasteiger charge is -2.19. The number of carbonyl (C=O) groups excluding carboxylic acids is 1. The molecule has 7 nitrogen and oxygen atoms in total. The molecule has 7 heteroatoms. The van der Waals surface area contributed by atoms with E-state index in [1.54, 1.807) is 24.9 Å². The Kier molecular flexibility index (Phi) is 4.07. The van der Waals surface area contributed by atoms with Gasteiger partial charge in [0, 0.05) is 31.1 Å². The van der Waals surface area contributed by atoms with Crippen LogP contribution in [0.4, 0.5) is 4.79 Å². The third-order valence-corrected chi connectivity index (χ3v) is 2.53. The number of nitrogens with zero attached hydrogens (tertiary/aromatic N) is 3. The van der Waals surface area contributed by atoms with E-state index in [1.165, 1.54) is 0 Å². The normalized spacial score (nSPS) is 11.3. The van der Waals surface area contributed by atoms with Crippen molar-refractivity contribution in [3.8, 4) is 5.69 Å². The highest BCUT2D eigenvalue weighted by molar-refractivity contribution is 5.67. The van der Waals surface area contributed by atoms with Crippen LogP contribution in [-0.4, -0.2) is 38.0 Å². The zero-order valence-corrected chi connectivity index (χ0v) is 11.9. The number of H-pyrrole nitrogens is 1. The van der Waals surface area contributed by atoms with Gasteiger partial charge in [0.05, 0.1) is 18.2 Å². The molecule has 0 unspecified atom stereocenters. The van der Waals surface area contributed by atoms with E-state index in [0.717, 1.165) is 11.4 Å². The number of hydrogen-bond donors (Lipinski definition) is 2. The predicted octanol–water partition coefficient (Wildman–Crippen LogP) is 1.66. The molecule has 1 amide bonds. The Balaban J connectivity index is 1.87. The molecule has 0 bridgehead atoms. The minimum absolute atomic E-state index is 0.410. The molecule has 2 N–H and O–H groups in total. The number of ether oxygens (including phenoxy) is 1. The van der Waals surface area contributed by atoms with Gasteiger partial charge >= 0.3 is 6.09 Å². The molecule has 2 rings (SSSR count). The van der Waals surface area contributed by atoms with Crippen molar-refractivity contribution in [3.05, 3.63) is 30.6 Å². The second-order valence-electron chi connectivity index (χ2n) is 5.39. The fourth-order valence-electron chi connectivity index (χ4n) is 1.72. The Morgan fingerprint density at radius 1 is 1.45 bits per heavy atom. The van der Waals surface area contributed by atoms with Crippen LogP contribution in [0.2, 0.25) is 0 Å². The lowest BCUT2D eigenvalue weighted by molar-refractivity contribution is 0.0528. The van der Waals surface area contributed by atoms with Crippen molar-refractivity contribution < 1.29 is 9.53 Å². The Labute approximate surface area is 117 Å². The van der Waals surface area contributed by atoms with Crippen LogP contribution in [0.3, 0.4) is 0 Å². The first kappa shape index (κ1) is 14.1. The van der Waals surface area contributed by atoms with Crippen LogP contribution < -0.4 is 5.32 Å². The standard InChI is InChI=1S/C13H19N5O2/c1-13(2,3)20-12(19)15-5-4-10-6-14-9-18(10)11-7-16-17-8-11/h6-9H,4-5H2,1-3H3,(H,15,19)(H,16,17). The van der Waals surface area contributed by atoms with E-state index in [0.29, 0.717) is 13.0 Å². The van der Waals surface area contributed by atoms with Gasteiger partial charge in [0.2, 0.25) is 0 Å². The summed E-state index contributed by atoms with van der Waals surface area (Å²) in [6, 6.07) is 0. The lowest BCUT2D eigenvalue weighted by atomic mass is 10.2. The molecule has 20 heavy (non-hydrogen) atoms. The van der Waals surface area contributed by atoms with E-state index in [4.69, 9.17) is 4.74 Å². The number of imidazole rings is 1. The van der Waals surface area contributed by atoms with Gasteiger partial charge in [-0.3, -0.25) is 5.10 Å². The molecule has 0 atom stereocenters. The van der Waals surface area contributed by atoms with Crippen LogP contribution in [0.1, 0.15) is 26.5 Å². The maximum Gasteiger partial charge on any atom is 0.407 e. The van der Waals surface area contributed by atoms with Crippen LogP contribution in [0.5, 0.6) is 0 Å². The van der Waals surface area contributed by atoms with Gasteiger partial charge in [-0.25, -0.2) is 9.78 Å². The summed E-state index contributed by atoms with van der Waals surface area (Å²) in [6.07, 6.45) is 7.23. The first-order valence-corrected chi connectivity index (χ1v) is 6.43. The topological polar surface area (TPSA) is 84.8 Å². The third-order valence-electron chi connectivity index (χ3n) is 2.53. The number of hydrogen-bond acceptors (Lipinski definition) is 4. The van der Waals surface area contributed by atoms with Gasteiger partial charge in [-0.1, -0.05) is 0 Å². The molecule has 0 aliphatic carbocycles. The maximum atomic E-state index is 11.5. The molecule has 0 fully saturated rings. The minimum Gasteiger partial charge on any atom is -0.444 e. The van der Waals surface area contributed by atoms with Gasteiger partial charge < -0.3 is 14.6 Å². The molecule has 108 valence electrons. The van der Waals surface area contributed by atoms with Crippen molar-refractivity contribution in [1.82, 2.24) is 25.1 Å². The Hall–Kier alpha value is -2.31. The summed E-state index contributed by atoms with van der Waals surface area (Å²) in [4.78, 5) is 15.6. The quantitative estimate of drug-likeness (QED) is 0.890. The molecule has 0 aliphatic heterocycles. The molecule has 2 heterocycles. The van der Waals surface area contributed by atoms with Gasteiger partial charge in [0.25, 0.3) is 0 Å². The molecule has 0 aliphatic rings. The van der Waals surface area contributed by atoms with Crippen LogP contribution >= 0.6 is 0 Å². The van der Waals surface area contributed by atoms with Crippen molar-refractivity contribution >= 4 is 6.09 Å². The molecular weight excluding hydrogens is 258 g/mol. The lowest BCUT2D eigenvalue weighted by Crippen LogP contribution is -2.33. The fraction of sp³-hybridized carbons (Fsp3) is 0.462. The number of rotatable bonds is 4. The second kappa shape index (κ2) is 5.77. The summed E-state index contributed by atoms with van der Waals surface area (Å²) >= 11 is 0. The molecule has 0 saturated heterocycles. The van der Waals surface area contributed by atoms with Crippen molar-refractivity contribution in [2.75, 3.05) is 6.54 Å². The molecule has 0 saturated carbocycles. The number of amides is 1. The average Bonchev–Trinajstić information content (AvgIpc) is 2.95. The molecule has 0 aromatic carbocycles. The van der Waals surface area contributed by atoms with E-state index in [-0.39, 0.29) is 0 Å². The first-order chi connectivity index (χ1) is 9.46.